The molecule has 0 aliphatic carbocycles. The van der Waals surface area contributed by atoms with Crippen LogP contribution in [0.5, 0.6) is 0 Å². The first kappa shape index (κ1) is 15.1. The number of hydrogen-bond acceptors (Lipinski definition) is 3. The Morgan fingerprint density at radius 3 is 2.55 bits per heavy atom. The Hall–Kier alpha value is -1.32. The number of fused-ring (bicyclic) bond motifs is 1. The Balaban J connectivity index is 2.19. The topological polar surface area (TPSA) is 19.4 Å². The Bertz CT molecular complexity index is 567. The molecule has 1 heterocycles. The van der Waals surface area contributed by atoms with Gasteiger partial charge in [-0.05, 0) is 37.4 Å². The number of likely N-dealkylation sites (N-methyl/N-ethyl adjacent to an activating group) is 2. The fourth-order valence-corrected chi connectivity index (χ4v) is 2.56. The van der Waals surface area contributed by atoms with E-state index in [1.54, 1.807) is 0 Å². The first-order chi connectivity index (χ1) is 9.65. The van der Waals surface area contributed by atoms with E-state index in [1.165, 1.54) is 5.69 Å². The monoisotopic (exact) mass is 291 g/mol. The van der Waals surface area contributed by atoms with Crippen molar-refractivity contribution in [3.63, 3.8) is 0 Å². The first-order valence-electron chi connectivity index (χ1n) is 7.13. The third-order valence-corrected chi connectivity index (χ3v) is 3.97. The van der Waals surface area contributed by atoms with Gasteiger partial charge < -0.3 is 9.80 Å². The lowest BCUT2D eigenvalue weighted by Crippen LogP contribution is -2.33. The summed E-state index contributed by atoms with van der Waals surface area (Å²) < 4.78 is 0. The van der Waals surface area contributed by atoms with Crippen molar-refractivity contribution in [2.45, 2.75) is 13.8 Å². The lowest BCUT2D eigenvalue weighted by atomic mass is 10.1. The number of benzene rings is 1. The quantitative estimate of drug-likeness (QED) is 0.809. The number of halogens is 1. The average Bonchev–Trinajstić information content (AvgIpc) is 2.47. The lowest BCUT2D eigenvalue weighted by Gasteiger charge is -2.25. The molecule has 20 heavy (non-hydrogen) atoms. The van der Waals surface area contributed by atoms with Crippen molar-refractivity contribution >= 4 is 28.2 Å². The smallest absolute Gasteiger partial charge is 0.0737 e. The Labute approximate surface area is 126 Å². The second-order valence-corrected chi connectivity index (χ2v) is 5.38. The molecule has 0 aliphatic rings. The van der Waals surface area contributed by atoms with Gasteiger partial charge in [0, 0.05) is 42.4 Å². The lowest BCUT2D eigenvalue weighted by molar-refractivity contribution is 0.311. The molecular weight excluding hydrogens is 270 g/mol. The summed E-state index contributed by atoms with van der Waals surface area (Å²) in [4.78, 5) is 9.11. The molecule has 0 bridgehead atoms. The number of aromatic nitrogens is 1. The van der Waals surface area contributed by atoms with Crippen molar-refractivity contribution in [3.8, 4) is 0 Å². The van der Waals surface area contributed by atoms with Crippen LogP contribution in [0.4, 0.5) is 5.69 Å². The van der Waals surface area contributed by atoms with E-state index in [9.17, 15) is 0 Å². The summed E-state index contributed by atoms with van der Waals surface area (Å²) in [5.41, 5.74) is 2.16. The summed E-state index contributed by atoms with van der Waals surface area (Å²) >= 11 is 6.03. The van der Waals surface area contributed by atoms with E-state index in [0.717, 1.165) is 42.1 Å². The molecule has 0 radical (unpaired) electrons. The van der Waals surface area contributed by atoms with E-state index < -0.39 is 0 Å². The average molecular weight is 292 g/mol. The van der Waals surface area contributed by atoms with Gasteiger partial charge in [-0.25, -0.2) is 0 Å². The third-order valence-electron chi connectivity index (χ3n) is 3.74. The highest BCUT2D eigenvalue weighted by Gasteiger charge is 2.08. The van der Waals surface area contributed by atoms with E-state index in [-0.39, 0.29) is 0 Å². The normalized spacial score (nSPS) is 11.2. The second kappa shape index (κ2) is 6.91. The van der Waals surface area contributed by atoms with Crippen LogP contribution < -0.4 is 4.90 Å². The van der Waals surface area contributed by atoms with Gasteiger partial charge in [-0.15, -0.1) is 0 Å². The van der Waals surface area contributed by atoms with Crippen molar-refractivity contribution in [3.05, 3.63) is 35.5 Å². The van der Waals surface area contributed by atoms with Gasteiger partial charge in [0.15, 0.2) is 0 Å². The van der Waals surface area contributed by atoms with Crippen molar-refractivity contribution in [1.82, 2.24) is 9.88 Å². The molecule has 0 aliphatic heterocycles. The van der Waals surface area contributed by atoms with E-state index in [1.807, 2.05) is 24.4 Å². The Morgan fingerprint density at radius 1 is 1.10 bits per heavy atom. The van der Waals surface area contributed by atoms with Gasteiger partial charge in [-0.2, -0.15) is 0 Å². The number of anilines is 1. The van der Waals surface area contributed by atoms with Gasteiger partial charge in [-0.1, -0.05) is 25.4 Å². The summed E-state index contributed by atoms with van der Waals surface area (Å²) in [6.45, 7) is 8.67. The zero-order valence-corrected chi connectivity index (χ0v) is 13.2. The van der Waals surface area contributed by atoms with Crippen molar-refractivity contribution in [1.29, 1.82) is 0 Å². The van der Waals surface area contributed by atoms with Crippen molar-refractivity contribution in [2.75, 3.05) is 38.1 Å². The molecule has 0 amide bonds. The van der Waals surface area contributed by atoms with E-state index >= 15 is 0 Å². The van der Waals surface area contributed by atoms with Crippen LogP contribution in [-0.2, 0) is 0 Å². The summed E-state index contributed by atoms with van der Waals surface area (Å²) in [6, 6.07) is 7.96. The molecular formula is C16H22ClN3. The standard InChI is InChI=1S/C16H22ClN3/c1-4-20(5-2)11-10-19(3)16-8-9-18-15-12-13(17)6-7-14(15)16/h6-9,12H,4-5,10-11H2,1-3H3. The molecule has 0 N–H and O–H groups in total. The first-order valence-corrected chi connectivity index (χ1v) is 7.51. The fraction of sp³-hybridized carbons (Fsp3) is 0.438. The zero-order chi connectivity index (χ0) is 14.5. The fourth-order valence-electron chi connectivity index (χ4n) is 2.39. The van der Waals surface area contributed by atoms with Crippen LogP contribution in [-0.4, -0.2) is 43.1 Å². The van der Waals surface area contributed by atoms with Gasteiger partial charge in [-0.3, -0.25) is 4.98 Å². The Morgan fingerprint density at radius 2 is 1.85 bits per heavy atom. The van der Waals surface area contributed by atoms with Crippen LogP contribution in [0.25, 0.3) is 10.9 Å². The van der Waals surface area contributed by atoms with E-state index in [2.05, 4.69) is 41.7 Å². The third kappa shape index (κ3) is 3.41. The van der Waals surface area contributed by atoms with Gasteiger partial charge in [0.2, 0.25) is 0 Å². The van der Waals surface area contributed by atoms with Gasteiger partial charge in [0.1, 0.15) is 0 Å². The molecule has 1 aromatic carbocycles. The maximum atomic E-state index is 6.03. The summed E-state index contributed by atoms with van der Waals surface area (Å²) in [5.74, 6) is 0. The van der Waals surface area contributed by atoms with Crippen LogP contribution in [0, 0.1) is 0 Å². The van der Waals surface area contributed by atoms with Gasteiger partial charge in [0.25, 0.3) is 0 Å². The van der Waals surface area contributed by atoms with Gasteiger partial charge in [0.05, 0.1) is 5.52 Å². The number of nitrogens with zero attached hydrogens (tertiary/aromatic N) is 3. The summed E-state index contributed by atoms with van der Waals surface area (Å²) in [6.07, 6.45) is 1.85. The molecule has 4 heteroatoms. The highest BCUT2D eigenvalue weighted by molar-refractivity contribution is 6.31. The van der Waals surface area contributed by atoms with Crippen LogP contribution >= 0.6 is 11.6 Å². The largest absolute Gasteiger partial charge is 0.373 e. The highest BCUT2D eigenvalue weighted by atomic mass is 35.5. The van der Waals surface area contributed by atoms with Crippen LogP contribution in [0.1, 0.15) is 13.8 Å². The summed E-state index contributed by atoms with van der Waals surface area (Å²) in [5, 5.41) is 1.88. The molecule has 0 saturated carbocycles. The maximum Gasteiger partial charge on any atom is 0.0737 e. The van der Waals surface area contributed by atoms with Crippen LogP contribution in [0.2, 0.25) is 5.02 Å². The number of pyridine rings is 1. The number of hydrogen-bond donors (Lipinski definition) is 0. The molecule has 0 fully saturated rings. The minimum atomic E-state index is 0.730. The SMILES string of the molecule is CCN(CC)CCN(C)c1ccnc2cc(Cl)ccc12. The van der Waals surface area contributed by atoms with Crippen LogP contribution in [0.15, 0.2) is 30.5 Å². The molecule has 0 spiro atoms. The minimum Gasteiger partial charge on any atom is -0.373 e. The zero-order valence-electron chi connectivity index (χ0n) is 12.4. The second-order valence-electron chi connectivity index (χ2n) is 4.94. The Kier molecular flexibility index (Phi) is 5.21. The minimum absolute atomic E-state index is 0.730. The molecule has 0 unspecified atom stereocenters. The van der Waals surface area contributed by atoms with E-state index in [4.69, 9.17) is 11.6 Å². The predicted molar refractivity (Wildman–Crippen MR) is 87.8 cm³/mol. The van der Waals surface area contributed by atoms with Crippen LogP contribution in [0.3, 0.4) is 0 Å². The number of rotatable bonds is 6. The molecule has 0 saturated heterocycles. The molecule has 1 aromatic heterocycles. The molecule has 108 valence electrons. The van der Waals surface area contributed by atoms with Crippen molar-refractivity contribution < 1.29 is 0 Å². The van der Waals surface area contributed by atoms with Gasteiger partial charge >= 0.3 is 0 Å². The molecule has 3 nitrogen and oxygen atoms in total. The molecule has 2 aromatic rings. The molecule has 0 atom stereocenters. The van der Waals surface area contributed by atoms with Crippen molar-refractivity contribution in [2.24, 2.45) is 0 Å². The predicted octanol–water partition coefficient (Wildman–Crippen LogP) is 3.67. The molecule has 2 rings (SSSR count). The highest BCUT2D eigenvalue weighted by Crippen LogP contribution is 2.26. The summed E-state index contributed by atoms with van der Waals surface area (Å²) in [7, 11) is 2.13. The maximum absolute atomic E-state index is 6.03. The van der Waals surface area contributed by atoms with E-state index in [0.29, 0.717) is 0 Å².